The minimum atomic E-state index is -0.495. The molecule has 0 fully saturated rings. The zero-order valence-corrected chi connectivity index (χ0v) is 10.3. The fourth-order valence-corrected chi connectivity index (χ4v) is 2.19. The highest BCUT2D eigenvalue weighted by molar-refractivity contribution is 5.90. The Hall–Kier alpha value is -2.56. The minimum absolute atomic E-state index is 0.305. The van der Waals surface area contributed by atoms with Gasteiger partial charge in [0.1, 0.15) is 5.69 Å². The highest BCUT2D eigenvalue weighted by atomic mass is 16.1. The molecule has 0 aliphatic heterocycles. The number of benzene rings is 1. The molecule has 0 saturated heterocycles. The van der Waals surface area contributed by atoms with Crippen LogP contribution in [-0.2, 0) is 13.0 Å². The van der Waals surface area contributed by atoms with Crippen LogP contribution in [0.2, 0.25) is 0 Å². The van der Waals surface area contributed by atoms with E-state index in [1.807, 2.05) is 18.3 Å². The molecule has 2 aromatic heterocycles. The molecule has 0 aliphatic carbocycles. The monoisotopic (exact) mass is 254 g/mol. The smallest absolute Gasteiger partial charge is 0.269 e. The number of aromatic nitrogens is 3. The van der Waals surface area contributed by atoms with Gasteiger partial charge in [-0.3, -0.25) is 9.48 Å². The van der Waals surface area contributed by atoms with Crippen LogP contribution < -0.4 is 5.73 Å². The Labute approximate surface area is 110 Å². The van der Waals surface area contributed by atoms with Crippen molar-refractivity contribution in [2.75, 3.05) is 0 Å². The molecule has 3 N–H and O–H groups in total. The first-order chi connectivity index (χ1) is 9.24. The van der Waals surface area contributed by atoms with E-state index in [1.165, 1.54) is 10.9 Å². The molecular formula is C14H14N4O. The SMILES string of the molecule is NC(=O)c1ccn(CCc2c[nH]c3ccccc23)n1. The predicted molar refractivity (Wildman–Crippen MR) is 72.7 cm³/mol. The summed E-state index contributed by atoms with van der Waals surface area (Å²) in [5, 5.41) is 5.35. The number of aryl methyl sites for hydroxylation is 2. The van der Waals surface area contributed by atoms with Crippen LogP contribution in [0.15, 0.2) is 42.7 Å². The zero-order chi connectivity index (χ0) is 13.2. The molecular weight excluding hydrogens is 240 g/mol. The number of hydrogen-bond acceptors (Lipinski definition) is 2. The zero-order valence-electron chi connectivity index (χ0n) is 10.3. The Kier molecular flexibility index (Phi) is 2.79. The van der Waals surface area contributed by atoms with Gasteiger partial charge in [0.25, 0.3) is 5.91 Å². The molecule has 0 spiro atoms. The van der Waals surface area contributed by atoms with Gasteiger partial charge in [0.05, 0.1) is 0 Å². The van der Waals surface area contributed by atoms with E-state index in [0.717, 1.165) is 18.5 Å². The van der Waals surface area contributed by atoms with Crippen LogP contribution in [0.3, 0.4) is 0 Å². The van der Waals surface area contributed by atoms with Crippen molar-refractivity contribution in [2.45, 2.75) is 13.0 Å². The van der Waals surface area contributed by atoms with Gasteiger partial charge in [-0.15, -0.1) is 0 Å². The Morgan fingerprint density at radius 3 is 2.95 bits per heavy atom. The summed E-state index contributed by atoms with van der Waals surface area (Å²) >= 11 is 0. The van der Waals surface area contributed by atoms with Gasteiger partial charge in [-0.1, -0.05) is 18.2 Å². The molecule has 1 aromatic carbocycles. The van der Waals surface area contributed by atoms with Crippen LogP contribution >= 0.6 is 0 Å². The number of para-hydroxylation sites is 1. The molecule has 19 heavy (non-hydrogen) atoms. The van der Waals surface area contributed by atoms with Crippen LogP contribution in [0, 0.1) is 0 Å². The number of carbonyl (C=O) groups excluding carboxylic acids is 1. The van der Waals surface area contributed by atoms with Crippen molar-refractivity contribution in [2.24, 2.45) is 5.73 Å². The number of nitrogens with two attached hydrogens (primary N) is 1. The third-order valence-electron chi connectivity index (χ3n) is 3.18. The third-order valence-corrected chi connectivity index (χ3v) is 3.18. The quantitative estimate of drug-likeness (QED) is 0.743. The average molecular weight is 254 g/mol. The Morgan fingerprint density at radius 1 is 1.32 bits per heavy atom. The van der Waals surface area contributed by atoms with Crippen molar-refractivity contribution in [1.29, 1.82) is 0 Å². The minimum Gasteiger partial charge on any atom is -0.364 e. The number of aromatic amines is 1. The van der Waals surface area contributed by atoms with E-state index in [-0.39, 0.29) is 0 Å². The maximum atomic E-state index is 11.0. The number of amides is 1. The van der Waals surface area contributed by atoms with Crippen molar-refractivity contribution in [3.05, 3.63) is 54.0 Å². The topological polar surface area (TPSA) is 76.7 Å². The lowest BCUT2D eigenvalue weighted by Crippen LogP contribution is -2.12. The molecule has 3 aromatic rings. The van der Waals surface area contributed by atoms with Gasteiger partial charge >= 0.3 is 0 Å². The summed E-state index contributed by atoms with van der Waals surface area (Å²) < 4.78 is 1.74. The van der Waals surface area contributed by atoms with Gasteiger partial charge in [-0.2, -0.15) is 5.10 Å². The lowest BCUT2D eigenvalue weighted by atomic mass is 10.1. The number of rotatable bonds is 4. The summed E-state index contributed by atoms with van der Waals surface area (Å²) in [6, 6.07) is 9.82. The standard InChI is InChI=1S/C14H14N4O/c15-14(19)13-6-8-18(17-13)7-5-10-9-16-12-4-2-1-3-11(10)12/h1-4,6,8-9,16H,5,7H2,(H2,15,19). The van der Waals surface area contributed by atoms with Crippen molar-refractivity contribution >= 4 is 16.8 Å². The second kappa shape index (κ2) is 4.61. The van der Waals surface area contributed by atoms with Crippen LogP contribution in [0.5, 0.6) is 0 Å². The number of H-pyrrole nitrogens is 1. The molecule has 0 aliphatic rings. The summed E-state index contributed by atoms with van der Waals surface area (Å²) in [6.07, 6.45) is 4.64. The van der Waals surface area contributed by atoms with Gasteiger partial charge in [-0.25, -0.2) is 0 Å². The summed E-state index contributed by atoms with van der Waals surface area (Å²) in [4.78, 5) is 14.2. The summed E-state index contributed by atoms with van der Waals surface area (Å²) in [7, 11) is 0. The Bertz CT molecular complexity index is 726. The molecule has 0 atom stereocenters. The summed E-state index contributed by atoms with van der Waals surface area (Å²) in [6.45, 7) is 0.717. The van der Waals surface area contributed by atoms with Gasteiger partial charge in [-0.05, 0) is 24.1 Å². The van der Waals surface area contributed by atoms with Crippen molar-refractivity contribution in [3.8, 4) is 0 Å². The number of fused-ring (bicyclic) bond motifs is 1. The highest BCUT2D eigenvalue weighted by Crippen LogP contribution is 2.18. The van der Waals surface area contributed by atoms with Crippen molar-refractivity contribution < 1.29 is 4.79 Å². The Morgan fingerprint density at radius 2 is 2.16 bits per heavy atom. The second-order valence-electron chi connectivity index (χ2n) is 4.44. The van der Waals surface area contributed by atoms with Gasteiger partial charge in [0, 0.05) is 29.8 Å². The fraction of sp³-hybridized carbons (Fsp3) is 0.143. The first kappa shape index (κ1) is 11.5. The third kappa shape index (κ3) is 2.22. The maximum absolute atomic E-state index is 11.0. The van der Waals surface area contributed by atoms with E-state index in [9.17, 15) is 4.79 Å². The number of hydrogen-bond donors (Lipinski definition) is 2. The molecule has 5 heteroatoms. The second-order valence-corrected chi connectivity index (χ2v) is 4.44. The summed E-state index contributed by atoms with van der Waals surface area (Å²) in [5.74, 6) is -0.495. The molecule has 3 rings (SSSR count). The van der Waals surface area contributed by atoms with Crippen LogP contribution in [0.25, 0.3) is 10.9 Å². The molecule has 1 amide bonds. The lowest BCUT2D eigenvalue weighted by molar-refractivity contribution is 0.0994. The van der Waals surface area contributed by atoms with E-state index >= 15 is 0 Å². The van der Waals surface area contributed by atoms with Crippen molar-refractivity contribution in [3.63, 3.8) is 0 Å². The highest BCUT2D eigenvalue weighted by Gasteiger charge is 2.06. The van der Waals surface area contributed by atoms with Gasteiger partial charge in [0.15, 0.2) is 0 Å². The summed E-state index contributed by atoms with van der Waals surface area (Å²) in [5.41, 5.74) is 7.85. The average Bonchev–Trinajstić information content (AvgIpc) is 3.03. The number of nitrogens with zero attached hydrogens (tertiary/aromatic N) is 2. The molecule has 0 bridgehead atoms. The van der Waals surface area contributed by atoms with E-state index in [2.05, 4.69) is 22.2 Å². The largest absolute Gasteiger partial charge is 0.364 e. The molecule has 96 valence electrons. The molecule has 0 saturated carbocycles. The van der Waals surface area contributed by atoms with Gasteiger partial charge in [0.2, 0.25) is 0 Å². The van der Waals surface area contributed by atoms with E-state index in [1.54, 1.807) is 16.9 Å². The van der Waals surface area contributed by atoms with Crippen LogP contribution in [0.4, 0.5) is 0 Å². The fourth-order valence-electron chi connectivity index (χ4n) is 2.19. The first-order valence-corrected chi connectivity index (χ1v) is 6.12. The maximum Gasteiger partial charge on any atom is 0.269 e. The number of carbonyl (C=O) groups is 1. The molecule has 2 heterocycles. The molecule has 5 nitrogen and oxygen atoms in total. The first-order valence-electron chi connectivity index (χ1n) is 6.12. The normalized spacial score (nSPS) is 10.9. The number of nitrogens with one attached hydrogen (secondary N) is 1. The van der Waals surface area contributed by atoms with Crippen molar-refractivity contribution in [1.82, 2.24) is 14.8 Å². The lowest BCUT2D eigenvalue weighted by Gasteiger charge is -2.00. The molecule has 0 radical (unpaired) electrons. The Balaban J connectivity index is 1.76. The van der Waals surface area contributed by atoms with Gasteiger partial charge < -0.3 is 10.7 Å². The van der Waals surface area contributed by atoms with E-state index in [0.29, 0.717) is 5.69 Å². The molecule has 0 unspecified atom stereocenters. The van der Waals surface area contributed by atoms with Crippen LogP contribution in [0.1, 0.15) is 16.1 Å². The van der Waals surface area contributed by atoms with E-state index in [4.69, 9.17) is 5.73 Å². The van der Waals surface area contributed by atoms with E-state index < -0.39 is 5.91 Å². The van der Waals surface area contributed by atoms with Crippen LogP contribution in [-0.4, -0.2) is 20.7 Å². The number of primary amides is 1. The predicted octanol–water partition coefficient (Wildman–Crippen LogP) is 1.71.